The molecule has 0 spiro atoms. The summed E-state index contributed by atoms with van der Waals surface area (Å²) in [5, 5.41) is 0. The minimum absolute atomic E-state index is 0.0802. The lowest BCUT2D eigenvalue weighted by atomic mass is 10.1. The van der Waals surface area contributed by atoms with Crippen LogP contribution >= 0.6 is 0 Å². The van der Waals surface area contributed by atoms with Crippen LogP contribution in [0.5, 0.6) is 5.75 Å². The number of ether oxygens (including phenoxy) is 1. The van der Waals surface area contributed by atoms with Crippen molar-refractivity contribution in [3.8, 4) is 5.75 Å². The van der Waals surface area contributed by atoms with Crippen LogP contribution in [0.25, 0.3) is 0 Å². The molecule has 5 nitrogen and oxygen atoms in total. The largest absolute Gasteiger partial charge is 0.496 e. The second kappa shape index (κ2) is 6.56. The molecule has 0 heterocycles. The van der Waals surface area contributed by atoms with Crippen molar-refractivity contribution < 1.29 is 13.2 Å². The Bertz CT molecular complexity index is 556. The lowest BCUT2D eigenvalue weighted by molar-refractivity contribution is 0.315. The van der Waals surface area contributed by atoms with E-state index in [0.29, 0.717) is 11.3 Å². The summed E-state index contributed by atoms with van der Waals surface area (Å²) in [6, 6.07) is 4.70. The van der Waals surface area contributed by atoms with Gasteiger partial charge in [-0.05, 0) is 31.0 Å². The van der Waals surface area contributed by atoms with Gasteiger partial charge in [-0.15, -0.1) is 0 Å². The van der Waals surface area contributed by atoms with Crippen molar-refractivity contribution in [2.24, 2.45) is 11.7 Å². The fourth-order valence-corrected chi connectivity index (χ4v) is 3.42. The summed E-state index contributed by atoms with van der Waals surface area (Å²) in [6.45, 7) is 6.12. The van der Waals surface area contributed by atoms with Gasteiger partial charge in [0.2, 0.25) is 10.0 Å². The molecule has 1 atom stereocenters. The molecular formula is C14H24N2O3S. The topological polar surface area (TPSA) is 72.6 Å². The quantitative estimate of drug-likeness (QED) is 0.870. The molecule has 0 aliphatic carbocycles. The van der Waals surface area contributed by atoms with Gasteiger partial charge in [0, 0.05) is 25.2 Å². The van der Waals surface area contributed by atoms with Crippen LogP contribution in [-0.4, -0.2) is 32.9 Å². The van der Waals surface area contributed by atoms with Gasteiger partial charge in [0.25, 0.3) is 0 Å². The molecule has 0 bridgehead atoms. The van der Waals surface area contributed by atoms with E-state index >= 15 is 0 Å². The Kier molecular flexibility index (Phi) is 5.56. The molecule has 0 aromatic heterocycles. The molecule has 0 aliphatic heterocycles. The maximum atomic E-state index is 12.6. The molecule has 0 saturated heterocycles. The number of hydrogen-bond acceptors (Lipinski definition) is 4. The first kappa shape index (κ1) is 16.9. The minimum Gasteiger partial charge on any atom is -0.496 e. The SMILES string of the molecule is COc1ccc(S(=O)(=O)N(C)C(C)C(C)C)cc1CN. The molecule has 1 unspecified atom stereocenters. The third-order valence-electron chi connectivity index (χ3n) is 3.69. The van der Waals surface area contributed by atoms with E-state index in [2.05, 4.69) is 0 Å². The number of nitrogens with two attached hydrogens (primary N) is 1. The van der Waals surface area contributed by atoms with Crippen molar-refractivity contribution in [3.05, 3.63) is 23.8 Å². The summed E-state index contributed by atoms with van der Waals surface area (Å²) in [4.78, 5) is 0.244. The Balaban J connectivity index is 3.22. The molecule has 2 N–H and O–H groups in total. The van der Waals surface area contributed by atoms with Gasteiger partial charge in [-0.25, -0.2) is 8.42 Å². The lowest BCUT2D eigenvalue weighted by Gasteiger charge is -2.27. The van der Waals surface area contributed by atoms with Crippen molar-refractivity contribution in [2.45, 2.75) is 38.3 Å². The van der Waals surface area contributed by atoms with Crippen LogP contribution < -0.4 is 10.5 Å². The molecule has 0 amide bonds. The second-order valence-electron chi connectivity index (χ2n) is 5.18. The molecule has 0 fully saturated rings. The number of sulfonamides is 1. The van der Waals surface area contributed by atoms with Crippen LogP contribution in [0.15, 0.2) is 23.1 Å². The monoisotopic (exact) mass is 300 g/mol. The molecule has 20 heavy (non-hydrogen) atoms. The predicted octanol–water partition coefficient (Wildman–Crippen LogP) is 1.82. The van der Waals surface area contributed by atoms with Crippen LogP contribution in [0.2, 0.25) is 0 Å². The van der Waals surface area contributed by atoms with Gasteiger partial charge in [0.05, 0.1) is 12.0 Å². The van der Waals surface area contributed by atoms with Gasteiger partial charge in [0.15, 0.2) is 0 Å². The first-order valence-electron chi connectivity index (χ1n) is 6.60. The van der Waals surface area contributed by atoms with E-state index in [0.717, 1.165) is 0 Å². The molecule has 114 valence electrons. The van der Waals surface area contributed by atoms with Crippen molar-refractivity contribution in [3.63, 3.8) is 0 Å². The molecule has 0 saturated carbocycles. The maximum Gasteiger partial charge on any atom is 0.243 e. The first-order chi connectivity index (χ1) is 9.25. The van der Waals surface area contributed by atoms with Gasteiger partial charge in [0.1, 0.15) is 5.75 Å². The van der Waals surface area contributed by atoms with E-state index in [4.69, 9.17) is 10.5 Å². The highest BCUT2D eigenvalue weighted by atomic mass is 32.2. The summed E-state index contributed by atoms with van der Waals surface area (Å²) in [6.07, 6.45) is 0. The maximum absolute atomic E-state index is 12.6. The molecule has 0 radical (unpaired) electrons. The second-order valence-corrected chi connectivity index (χ2v) is 7.18. The van der Waals surface area contributed by atoms with Gasteiger partial charge >= 0.3 is 0 Å². The van der Waals surface area contributed by atoms with Crippen LogP contribution in [0.3, 0.4) is 0 Å². The predicted molar refractivity (Wildman–Crippen MR) is 80.1 cm³/mol. The Morgan fingerprint density at radius 2 is 1.90 bits per heavy atom. The first-order valence-corrected chi connectivity index (χ1v) is 8.04. The molecule has 1 aromatic carbocycles. The van der Waals surface area contributed by atoms with Gasteiger partial charge < -0.3 is 10.5 Å². The Morgan fingerprint density at radius 1 is 1.30 bits per heavy atom. The summed E-state index contributed by atoms with van der Waals surface area (Å²) >= 11 is 0. The van der Waals surface area contributed by atoms with Crippen LogP contribution in [0, 0.1) is 5.92 Å². The fourth-order valence-electron chi connectivity index (χ4n) is 1.88. The van der Waals surface area contributed by atoms with Crippen LogP contribution in [0.4, 0.5) is 0 Å². The third kappa shape index (κ3) is 3.31. The average molecular weight is 300 g/mol. The summed E-state index contributed by atoms with van der Waals surface area (Å²) in [7, 11) is -0.378. The van der Waals surface area contributed by atoms with Crippen molar-refractivity contribution in [1.82, 2.24) is 4.31 Å². The number of hydrogen-bond donors (Lipinski definition) is 1. The number of nitrogens with zero attached hydrogens (tertiary/aromatic N) is 1. The number of rotatable bonds is 6. The van der Waals surface area contributed by atoms with Crippen LogP contribution in [0.1, 0.15) is 26.3 Å². The highest BCUT2D eigenvalue weighted by molar-refractivity contribution is 7.89. The molecule has 1 aromatic rings. The molecule has 0 aliphatic rings. The highest BCUT2D eigenvalue weighted by Gasteiger charge is 2.27. The van der Waals surface area contributed by atoms with E-state index in [-0.39, 0.29) is 23.4 Å². The Hall–Kier alpha value is -1.11. The zero-order chi connectivity index (χ0) is 15.5. The van der Waals surface area contributed by atoms with Gasteiger partial charge in [-0.1, -0.05) is 13.8 Å². The molecule has 1 rings (SSSR count). The molecular weight excluding hydrogens is 276 g/mol. The summed E-state index contributed by atoms with van der Waals surface area (Å²) < 4.78 is 31.7. The Morgan fingerprint density at radius 3 is 2.35 bits per heavy atom. The zero-order valence-corrected chi connectivity index (χ0v) is 13.6. The zero-order valence-electron chi connectivity index (χ0n) is 12.8. The van der Waals surface area contributed by atoms with E-state index in [9.17, 15) is 8.42 Å². The van der Waals surface area contributed by atoms with Gasteiger partial charge in [-0.3, -0.25) is 0 Å². The van der Waals surface area contributed by atoms with E-state index < -0.39 is 10.0 Å². The fraction of sp³-hybridized carbons (Fsp3) is 0.571. The average Bonchev–Trinajstić information content (AvgIpc) is 2.44. The van der Waals surface area contributed by atoms with E-state index in [1.54, 1.807) is 25.2 Å². The van der Waals surface area contributed by atoms with Gasteiger partial charge in [-0.2, -0.15) is 4.31 Å². The summed E-state index contributed by atoms with van der Waals surface area (Å²) in [5.41, 5.74) is 6.31. The number of methoxy groups -OCH3 is 1. The van der Waals surface area contributed by atoms with E-state index in [1.165, 1.54) is 11.4 Å². The smallest absolute Gasteiger partial charge is 0.243 e. The highest BCUT2D eigenvalue weighted by Crippen LogP contribution is 2.25. The van der Waals surface area contributed by atoms with Crippen molar-refractivity contribution >= 4 is 10.0 Å². The van der Waals surface area contributed by atoms with Crippen LogP contribution in [-0.2, 0) is 16.6 Å². The normalized spacial score (nSPS) is 13.8. The third-order valence-corrected chi connectivity index (χ3v) is 5.63. The minimum atomic E-state index is -3.52. The van der Waals surface area contributed by atoms with Crippen molar-refractivity contribution in [2.75, 3.05) is 14.2 Å². The van der Waals surface area contributed by atoms with Crippen molar-refractivity contribution in [1.29, 1.82) is 0 Å². The lowest BCUT2D eigenvalue weighted by Crippen LogP contribution is -2.38. The summed E-state index contributed by atoms with van der Waals surface area (Å²) in [5.74, 6) is 0.841. The van der Waals surface area contributed by atoms with E-state index in [1.807, 2.05) is 20.8 Å². The Labute approximate surface area is 121 Å². The standard InChI is InChI=1S/C14H24N2O3S/c1-10(2)11(3)16(4)20(17,18)13-6-7-14(19-5)12(8-13)9-15/h6-8,10-11H,9,15H2,1-5H3. The molecule has 6 heteroatoms. The number of benzene rings is 1.